The number of rotatable bonds is 4. The van der Waals surface area contributed by atoms with Crippen molar-refractivity contribution in [3.05, 3.63) is 11.8 Å². The van der Waals surface area contributed by atoms with E-state index in [1.165, 1.54) is 31.6 Å². The maximum absolute atomic E-state index is 4.77. The van der Waals surface area contributed by atoms with E-state index in [9.17, 15) is 0 Å². The molecule has 1 fully saturated rings. The average Bonchev–Trinajstić information content (AvgIpc) is 2.75. The standard InChI is InChI=1S/C16H30N2/c1-7-13(4)16-9-8-10-18(16)15(6)17-14(5)11-12(2)3/h11-13,16H,7-10H2,1-6H3/b14-11-,17-15?. The topological polar surface area (TPSA) is 15.6 Å². The lowest BCUT2D eigenvalue weighted by Crippen LogP contribution is -2.37. The number of aliphatic imine (C=N–C) groups is 1. The van der Waals surface area contributed by atoms with Gasteiger partial charge < -0.3 is 4.90 Å². The molecule has 0 amide bonds. The largest absolute Gasteiger partial charge is 0.357 e. The molecule has 1 saturated heterocycles. The summed E-state index contributed by atoms with van der Waals surface area (Å²) in [5, 5.41) is 0. The summed E-state index contributed by atoms with van der Waals surface area (Å²) in [5.74, 6) is 2.55. The quantitative estimate of drug-likeness (QED) is 0.531. The molecule has 0 spiro atoms. The van der Waals surface area contributed by atoms with Crippen LogP contribution < -0.4 is 0 Å². The predicted molar refractivity (Wildman–Crippen MR) is 80.9 cm³/mol. The Morgan fingerprint density at radius 3 is 2.56 bits per heavy atom. The van der Waals surface area contributed by atoms with E-state index in [0.29, 0.717) is 12.0 Å². The zero-order valence-corrected chi connectivity index (χ0v) is 13.0. The fraction of sp³-hybridized carbons (Fsp3) is 0.812. The second-order valence-corrected chi connectivity index (χ2v) is 6.00. The molecule has 2 atom stereocenters. The van der Waals surface area contributed by atoms with Crippen molar-refractivity contribution in [3.63, 3.8) is 0 Å². The molecule has 0 aromatic rings. The molecule has 1 rings (SSSR count). The van der Waals surface area contributed by atoms with Crippen LogP contribution in [0, 0.1) is 11.8 Å². The maximum atomic E-state index is 4.77. The third kappa shape index (κ3) is 4.15. The van der Waals surface area contributed by atoms with E-state index in [4.69, 9.17) is 4.99 Å². The number of likely N-dealkylation sites (tertiary alicyclic amines) is 1. The molecular weight excluding hydrogens is 220 g/mol. The second kappa shape index (κ2) is 6.96. The molecule has 2 nitrogen and oxygen atoms in total. The molecule has 1 aliphatic heterocycles. The van der Waals surface area contributed by atoms with Gasteiger partial charge in [0.2, 0.25) is 0 Å². The Balaban J connectivity index is 2.76. The first kappa shape index (κ1) is 15.3. The maximum Gasteiger partial charge on any atom is 0.101 e. The van der Waals surface area contributed by atoms with Gasteiger partial charge in [0.1, 0.15) is 5.84 Å². The molecule has 0 aliphatic carbocycles. The molecule has 18 heavy (non-hydrogen) atoms. The molecule has 0 N–H and O–H groups in total. The van der Waals surface area contributed by atoms with Gasteiger partial charge in [-0.2, -0.15) is 0 Å². The molecular formula is C16H30N2. The lowest BCUT2D eigenvalue weighted by molar-refractivity contribution is 0.286. The number of allylic oxidation sites excluding steroid dienone is 2. The molecule has 0 saturated carbocycles. The molecule has 0 radical (unpaired) electrons. The molecule has 104 valence electrons. The highest BCUT2D eigenvalue weighted by atomic mass is 15.2. The summed E-state index contributed by atoms with van der Waals surface area (Å²) in [6.07, 6.45) is 6.14. The lowest BCUT2D eigenvalue weighted by atomic mass is 9.97. The monoisotopic (exact) mass is 250 g/mol. The Hall–Kier alpha value is -0.790. The summed E-state index contributed by atoms with van der Waals surface area (Å²) in [6.45, 7) is 14.5. The van der Waals surface area contributed by atoms with E-state index >= 15 is 0 Å². The van der Waals surface area contributed by atoms with Crippen LogP contribution >= 0.6 is 0 Å². The van der Waals surface area contributed by atoms with Gasteiger partial charge in [-0.05, 0) is 38.5 Å². The first-order chi connectivity index (χ1) is 8.45. The predicted octanol–water partition coefficient (Wildman–Crippen LogP) is 4.48. The van der Waals surface area contributed by atoms with Crippen molar-refractivity contribution in [2.75, 3.05) is 6.54 Å². The van der Waals surface area contributed by atoms with Crippen molar-refractivity contribution in [2.24, 2.45) is 16.8 Å². The summed E-state index contributed by atoms with van der Waals surface area (Å²) in [6, 6.07) is 0.700. The third-order valence-electron chi connectivity index (χ3n) is 3.93. The summed E-state index contributed by atoms with van der Waals surface area (Å²) < 4.78 is 0. The Bertz CT molecular complexity index is 315. The highest BCUT2D eigenvalue weighted by Gasteiger charge is 2.28. The Kier molecular flexibility index (Phi) is 5.90. The van der Waals surface area contributed by atoms with Gasteiger partial charge in [-0.3, -0.25) is 0 Å². The summed E-state index contributed by atoms with van der Waals surface area (Å²) in [5.41, 5.74) is 1.15. The van der Waals surface area contributed by atoms with Crippen LogP contribution in [0.2, 0.25) is 0 Å². The molecule has 2 unspecified atom stereocenters. The number of hydrogen-bond donors (Lipinski definition) is 0. The van der Waals surface area contributed by atoms with Crippen LogP contribution in [0.1, 0.15) is 60.8 Å². The van der Waals surface area contributed by atoms with E-state index in [2.05, 4.69) is 52.5 Å². The van der Waals surface area contributed by atoms with Crippen LogP contribution in [-0.4, -0.2) is 23.3 Å². The second-order valence-electron chi connectivity index (χ2n) is 6.00. The van der Waals surface area contributed by atoms with E-state index in [0.717, 1.165) is 11.6 Å². The Morgan fingerprint density at radius 2 is 2.00 bits per heavy atom. The fourth-order valence-electron chi connectivity index (χ4n) is 2.90. The normalized spacial score (nSPS) is 23.9. The zero-order chi connectivity index (χ0) is 13.7. The minimum atomic E-state index is 0.575. The van der Waals surface area contributed by atoms with Crippen LogP contribution in [0.25, 0.3) is 0 Å². The number of amidine groups is 1. The molecule has 0 bridgehead atoms. The van der Waals surface area contributed by atoms with Crippen LogP contribution in [0.4, 0.5) is 0 Å². The highest BCUT2D eigenvalue weighted by Crippen LogP contribution is 2.26. The van der Waals surface area contributed by atoms with E-state index in [1.807, 2.05) is 0 Å². The van der Waals surface area contributed by atoms with Gasteiger partial charge >= 0.3 is 0 Å². The van der Waals surface area contributed by atoms with Crippen LogP contribution in [0.5, 0.6) is 0 Å². The SMILES string of the molecule is CCC(C)C1CCCN1C(C)=N/C(C)=C\C(C)C. The first-order valence-electron chi connectivity index (χ1n) is 7.46. The van der Waals surface area contributed by atoms with E-state index < -0.39 is 0 Å². The third-order valence-corrected chi connectivity index (χ3v) is 3.93. The molecule has 1 aliphatic rings. The van der Waals surface area contributed by atoms with Gasteiger partial charge in [-0.25, -0.2) is 4.99 Å². The van der Waals surface area contributed by atoms with E-state index in [1.54, 1.807) is 0 Å². The Labute approximate surface area is 113 Å². The number of hydrogen-bond acceptors (Lipinski definition) is 1. The summed E-state index contributed by atoms with van der Waals surface area (Å²) in [4.78, 5) is 7.29. The molecule has 2 heteroatoms. The highest BCUT2D eigenvalue weighted by molar-refractivity contribution is 5.81. The van der Waals surface area contributed by atoms with Crippen molar-refractivity contribution in [1.29, 1.82) is 0 Å². The minimum absolute atomic E-state index is 0.575. The van der Waals surface area contributed by atoms with Crippen molar-refractivity contribution in [2.45, 2.75) is 66.8 Å². The minimum Gasteiger partial charge on any atom is -0.357 e. The van der Waals surface area contributed by atoms with Crippen molar-refractivity contribution in [1.82, 2.24) is 4.90 Å². The van der Waals surface area contributed by atoms with Gasteiger partial charge in [0.05, 0.1) is 0 Å². The Morgan fingerprint density at radius 1 is 1.33 bits per heavy atom. The lowest BCUT2D eigenvalue weighted by Gasteiger charge is -2.30. The molecule has 0 aromatic heterocycles. The number of nitrogens with zero attached hydrogens (tertiary/aromatic N) is 2. The van der Waals surface area contributed by atoms with Crippen molar-refractivity contribution < 1.29 is 0 Å². The van der Waals surface area contributed by atoms with E-state index in [-0.39, 0.29) is 0 Å². The average molecular weight is 250 g/mol. The summed E-state index contributed by atoms with van der Waals surface area (Å²) >= 11 is 0. The van der Waals surface area contributed by atoms with Gasteiger partial charge in [0.25, 0.3) is 0 Å². The van der Waals surface area contributed by atoms with Crippen LogP contribution in [-0.2, 0) is 0 Å². The van der Waals surface area contributed by atoms with Crippen molar-refractivity contribution in [3.8, 4) is 0 Å². The zero-order valence-electron chi connectivity index (χ0n) is 13.0. The smallest absolute Gasteiger partial charge is 0.101 e. The fourth-order valence-corrected chi connectivity index (χ4v) is 2.90. The molecule has 1 heterocycles. The van der Waals surface area contributed by atoms with Crippen molar-refractivity contribution >= 4 is 5.84 Å². The molecule has 0 aromatic carbocycles. The van der Waals surface area contributed by atoms with Crippen LogP contribution in [0.3, 0.4) is 0 Å². The van der Waals surface area contributed by atoms with Gasteiger partial charge in [0, 0.05) is 18.3 Å². The van der Waals surface area contributed by atoms with Gasteiger partial charge in [-0.15, -0.1) is 0 Å². The van der Waals surface area contributed by atoms with Crippen LogP contribution in [0.15, 0.2) is 16.8 Å². The van der Waals surface area contributed by atoms with Gasteiger partial charge in [-0.1, -0.05) is 40.2 Å². The van der Waals surface area contributed by atoms with Gasteiger partial charge in [0.15, 0.2) is 0 Å². The summed E-state index contributed by atoms with van der Waals surface area (Å²) in [7, 11) is 0. The first-order valence-corrected chi connectivity index (χ1v) is 7.46.